The van der Waals surface area contributed by atoms with Gasteiger partial charge in [0.1, 0.15) is 0 Å². The van der Waals surface area contributed by atoms with Gasteiger partial charge in [-0.25, -0.2) is 9.50 Å². The van der Waals surface area contributed by atoms with E-state index in [1.54, 1.807) is 28.9 Å². The van der Waals surface area contributed by atoms with Gasteiger partial charge in [-0.05, 0) is 23.3 Å². The quantitative estimate of drug-likeness (QED) is 0.333. The van der Waals surface area contributed by atoms with E-state index in [1.807, 2.05) is 12.1 Å². The third-order valence-electron chi connectivity index (χ3n) is 4.19. The van der Waals surface area contributed by atoms with Crippen LogP contribution in [-0.2, 0) is 17.0 Å². The summed E-state index contributed by atoms with van der Waals surface area (Å²) in [6, 6.07) is 12.4. The number of hydrogen-bond donors (Lipinski definition) is 0. The number of hydrogen-bond acceptors (Lipinski definition) is 4. The number of imidazole rings is 1. The van der Waals surface area contributed by atoms with E-state index in [2.05, 4.69) is 26.0 Å². The molecule has 0 N–H and O–H groups in total. The van der Waals surface area contributed by atoms with Gasteiger partial charge in [-0.1, -0.05) is 63.7 Å². The molecule has 0 saturated carbocycles. The van der Waals surface area contributed by atoms with Gasteiger partial charge in [-0.15, -0.1) is 5.10 Å². The van der Waals surface area contributed by atoms with Crippen molar-refractivity contribution >= 4 is 43.0 Å². The highest BCUT2D eigenvalue weighted by Crippen LogP contribution is 2.33. The van der Waals surface area contributed by atoms with Crippen LogP contribution in [0.15, 0.2) is 59.1 Å². The molecule has 4 aromatic rings. The van der Waals surface area contributed by atoms with Crippen LogP contribution in [-0.4, -0.2) is 29.9 Å². The standard InChI is InChI=1S/C19H13BrF3N3OS2/c20-8-9-29(27)18-25-26-11-16(24-17(26)28-18)13-6-4-12(5-7-13)14-2-1-3-15(10-14)19(21,22)23/h1-7,10-11H,8-9H2. The highest BCUT2D eigenvalue weighted by atomic mass is 79.9. The van der Waals surface area contributed by atoms with Crippen molar-refractivity contribution in [3.05, 3.63) is 60.3 Å². The van der Waals surface area contributed by atoms with Gasteiger partial charge in [0.05, 0.1) is 28.3 Å². The molecule has 10 heteroatoms. The van der Waals surface area contributed by atoms with Gasteiger partial charge >= 0.3 is 6.18 Å². The molecule has 1 unspecified atom stereocenters. The average molecular weight is 500 g/mol. The molecule has 0 saturated heterocycles. The predicted molar refractivity (Wildman–Crippen MR) is 112 cm³/mol. The van der Waals surface area contributed by atoms with E-state index in [0.717, 1.165) is 17.7 Å². The largest absolute Gasteiger partial charge is 0.416 e. The van der Waals surface area contributed by atoms with Crippen LogP contribution in [0, 0.1) is 0 Å². The molecule has 29 heavy (non-hydrogen) atoms. The smallest absolute Gasteiger partial charge is 0.252 e. The minimum Gasteiger partial charge on any atom is -0.252 e. The van der Waals surface area contributed by atoms with Crippen molar-refractivity contribution < 1.29 is 17.4 Å². The van der Waals surface area contributed by atoms with Gasteiger partial charge in [0.25, 0.3) is 0 Å². The highest BCUT2D eigenvalue weighted by molar-refractivity contribution is 9.09. The van der Waals surface area contributed by atoms with E-state index in [1.165, 1.54) is 17.4 Å². The first-order chi connectivity index (χ1) is 13.8. The SMILES string of the molecule is O=S(CCBr)c1nn2cc(-c3ccc(-c4cccc(C(F)(F)F)c4)cc3)nc2s1. The molecule has 0 bridgehead atoms. The number of aromatic nitrogens is 3. The fourth-order valence-electron chi connectivity index (χ4n) is 2.78. The van der Waals surface area contributed by atoms with E-state index >= 15 is 0 Å². The lowest BCUT2D eigenvalue weighted by Crippen LogP contribution is -2.04. The molecule has 0 spiro atoms. The lowest BCUT2D eigenvalue weighted by atomic mass is 10.0. The van der Waals surface area contributed by atoms with Crippen LogP contribution in [0.3, 0.4) is 0 Å². The molecule has 2 heterocycles. The molecule has 0 aliphatic heterocycles. The number of benzene rings is 2. The topological polar surface area (TPSA) is 47.3 Å². The molecular weight excluding hydrogens is 487 g/mol. The van der Waals surface area contributed by atoms with Gasteiger partial charge in [-0.3, -0.25) is 4.21 Å². The van der Waals surface area contributed by atoms with E-state index in [4.69, 9.17) is 0 Å². The summed E-state index contributed by atoms with van der Waals surface area (Å²) in [7, 11) is -1.16. The zero-order chi connectivity index (χ0) is 20.6. The molecule has 2 aromatic heterocycles. The fraction of sp³-hybridized carbons (Fsp3) is 0.158. The summed E-state index contributed by atoms with van der Waals surface area (Å²) < 4.78 is 52.9. The van der Waals surface area contributed by atoms with E-state index < -0.39 is 22.5 Å². The lowest BCUT2D eigenvalue weighted by molar-refractivity contribution is -0.137. The summed E-state index contributed by atoms with van der Waals surface area (Å²) in [5.41, 5.74) is 2.02. The van der Waals surface area contributed by atoms with Crippen LogP contribution in [0.4, 0.5) is 13.2 Å². The summed E-state index contributed by atoms with van der Waals surface area (Å²) in [6.07, 6.45) is -2.62. The Bertz CT molecular complexity index is 1150. The van der Waals surface area contributed by atoms with E-state index in [-0.39, 0.29) is 0 Å². The Morgan fingerprint density at radius 1 is 1.07 bits per heavy atom. The second-order valence-electron chi connectivity index (χ2n) is 6.12. The maximum atomic E-state index is 12.9. The van der Waals surface area contributed by atoms with Gasteiger partial charge in [0.15, 0.2) is 0 Å². The molecule has 2 aromatic carbocycles. The molecule has 150 valence electrons. The third kappa shape index (κ3) is 4.29. The molecular formula is C19H13BrF3N3OS2. The minimum absolute atomic E-state index is 0.487. The first kappa shape index (κ1) is 20.2. The van der Waals surface area contributed by atoms with Crippen LogP contribution in [0.1, 0.15) is 5.56 Å². The van der Waals surface area contributed by atoms with Crippen molar-refractivity contribution in [3.8, 4) is 22.4 Å². The Balaban J connectivity index is 1.59. The van der Waals surface area contributed by atoms with Gasteiger partial charge in [0, 0.05) is 16.6 Å². The number of rotatable bonds is 5. The minimum atomic E-state index is -4.37. The second kappa shape index (κ2) is 8.00. The van der Waals surface area contributed by atoms with Crippen molar-refractivity contribution in [3.63, 3.8) is 0 Å². The summed E-state index contributed by atoms with van der Waals surface area (Å²) >= 11 is 4.54. The number of fused-ring (bicyclic) bond motifs is 1. The lowest BCUT2D eigenvalue weighted by Gasteiger charge is -2.09. The maximum Gasteiger partial charge on any atom is 0.416 e. The number of halogens is 4. The molecule has 4 rings (SSSR count). The molecule has 0 aliphatic carbocycles. The van der Waals surface area contributed by atoms with Crippen LogP contribution in [0.5, 0.6) is 0 Å². The molecule has 0 radical (unpaired) electrons. The fourth-order valence-corrected chi connectivity index (χ4v) is 5.62. The second-order valence-corrected chi connectivity index (χ2v) is 9.61. The van der Waals surface area contributed by atoms with Crippen molar-refractivity contribution in [2.45, 2.75) is 10.5 Å². The van der Waals surface area contributed by atoms with E-state index in [0.29, 0.717) is 37.2 Å². The van der Waals surface area contributed by atoms with Crippen molar-refractivity contribution in [1.29, 1.82) is 0 Å². The normalized spacial score (nSPS) is 13.1. The summed E-state index contributed by atoms with van der Waals surface area (Å²) in [6.45, 7) is 0. The van der Waals surface area contributed by atoms with Gasteiger partial charge in [0.2, 0.25) is 9.30 Å². The number of alkyl halides is 4. The summed E-state index contributed by atoms with van der Waals surface area (Å²) in [5, 5.41) is 4.95. The number of nitrogens with zero attached hydrogens (tertiary/aromatic N) is 3. The zero-order valence-electron chi connectivity index (χ0n) is 14.7. The van der Waals surface area contributed by atoms with Crippen molar-refractivity contribution in [1.82, 2.24) is 14.6 Å². The Hall–Kier alpha value is -2.04. The van der Waals surface area contributed by atoms with Crippen molar-refractivity contribution in [2.24, 2.45) is 0 Å². The first-order valence-electron chi connectivity index (χ1n) is 8.44. The third-order valence-corrected chi connectivity index (χ3v) is 7.68. The molecule has 4 nitrogen and oxygen atoms in total. The van der Waals surface area contributed by atoms with Gasteiger partial charge in [-0.2, -0.15) is 13.2 Å². The Kier molecular flexibility index (Phi) is 5.58. The molecule has 0 amide bonds. The monoisotopic (exact) mass is 499 g/mol. The first-order valence-corrected chi connectivity index (χ1v) is 11.7. The summed E-state index contributed by atoms with van der Waals surface area (Å²) in [4.78, 5) is 5.16. The Labute approximate surface area is 179 Å². The Morgan fingerprint density at radius 3 is 2.45 bits per heavy atom. The Morgan fingerprint density at radius 2 is 1.79 bits per heavy atom. The summed E-state index contributed by atoms with van der Waals surface area (Å²) in [5.74, 6) is 0.487. The van der Waals surface area contributed by atoms with Crippen LogP contribution in [0.2, 0.25) is 0 Å². The molecule has 1 atom stereocenters. The molecule has 0 fully saturated rings. The van der Waals surface area contributed by atoms with Crippen LogP contribution in [0.25, 0.3) is 27.3 Å². The van der Waals surface area contributed by atoms with E-state index in [9.17, 15) is 17.4 Å². The molecule has 0 aliphatic rings. The predicted octanol–water partition coefficient (Wildman–Crippen LogP) is 5.65. The van der Waals surface area contributed by atoms with Gasteiger partial charge < -0.3 is 0 Å². The zero-order valence-corrected chi connectivity index (χ0v) is 17.9. The average Bonchev–Trinajstić information content (AvgIpc) is 3.27. The van der Waals surface area contributed by atoms with Crippen molar-refractivity contribution in [2.75, 3.05) is 11.1 Å². The van der Waals surface area contributed by atoms with Crippen LogP contribution < -0.4 is 0 Å². The highest BCUT2D eigenvalue weighted by Gasteiger charge is 2.30. The van der Waals surface area contributed by atoms with Crippen LogP contribution >= 0.6 is 27.3 Å². The maximum absolute atomic E-state index is 12.9.